The molecule has 3 aliphatic rings. The summed E-state index contributed by atoms with van der Waals surface area (Å²) in [6.45, 7) is 6.81. The molecule has 0 aromatic heterocycles. The average Bonchev–Trinajstić information content (AvgIpc) is 3.48. The maximum Gasteiger partial charge on any atom is 0.251 e. The Morgan fingerprint density at radius 1 is 1.13 bits per heavy atom. The SMILES string of the molecule is CC(C[N+]1(C)CCCC1)N1c2ccccc2Sc2ccc(C(=O)NCC3CC3)cc21. The fraction of sp³-hybridized carbons (Fsp3) is 0.480. The Kier molecular flexibility index (Phi) is 5.28. The number of likely N-dealkylation sites (tertiary alicyclic amines) is 1. The molecule has 30 heavy (non-hydrogen) atoms. The van der Waals surface area contributed by atoms with Crippen LogP contribution in [0.15, 0.2) is 52.3 Å². The van der Waals surface area contributed by atoms with E-state index in [0.717, 1.165) is 23.1 Å². The van der Waals surface area contributed by atoms with Crippen molar-refractivity contribution >= 4 is 29.0 Å². The van der Waals surface area contributed by atoms with Crippen LogP contribution in [0.25, 0.3) is 0 Å². The van der Waals surface area contributed by atoms with E-state index in [0.29, 0.717) is 12.0 Å². The van der Waals surface area contributed by atoms with Crippen molar-refractivity contribution in [3.05, 3.63) is 48.0 Å². The van der Waals surface area contributed by atoms with Crippen molar-refractivity contribution in [3.8, 4) is 0 Å². The largest absolute Gasteiger partial charge is 0.352 e. The topological polar surface area (TPSA) is 32.3 Å². The first-order valence-electron chi connectivity index (χ1n) is 11.3. The van der Waals surface area contributed by atoms with Gasteiger partial charge in [-0.3, -0.25) is 4.79 Å². The van der Waals surface area contributed by atoms with Gasteiger partial charge in [0.25, 0.3) is 5.91 Å². The van der Waals surface area contributed by atoms with Crippen LogP contribution in [0.3, 0.4) is 0 Å². The Morgan fingerprint density at radius 2 is 1.87 bits per heavy atom. The third-order valence-electron chi connectivity index (χ3n) is 6.87. The highest BCUT2D eigenvalue weighted by Gasteiger charge is 2.34. The van der Waals surface area contributed by atoms with E-state index in [4.69, 9.17) is 0 Å². The highest BCUT2D eigenvalue weighted by molar-refractivity contribution is 7.99. The van der Waals surface area contributed by atoms with Gasteiger partial charge >= 0.3 is 0 Å². The molecular weight excluding hydrogens is 390 g/mol. The summed E-state index contributed by atoms with van der Waals surface area (Å²) >= 11 is 1.82. The van der Waals surface area contributed by atoms with E-state index in [9.17, 15) is 4.79 Å². The zero-order valence-corrected chi connectivity index (χ0v) is 18.9. The number of likely N-dealkylation sites (N-methyl/N-ethyl adjacent to an activating group) is 1. The number of anilines is 2. The van der Waals surface area contributed by atoms with Crippen LogP contribution in [0.1, 0.15) is 43.0 Å². The Bertz CT molecular complexity index is 949. The summed E-state index contributed by atoms with van der Waals surface area (Å²) < 4.78 is 1.14. The zero-order valence-electron chi connectivity index (χ0n) is 18.1. The molecule has 2 heterocycles. The predicted molar refractivity (Wildman–Crippen MR) is 124 cm³/mol. The van der Waals surface area contributed by atoms with Gasteiger partial charge in [0.1, 0.15) is 0 Å². The Hall–Kier alpha value is -1.98. The second kappa shape index (κ2) is 7.93. The van der Waals surface area contributed by atoms with Gasteiger partial charge in [0.05, 0.1) is 44.1 Å². The van der Waals surface area contributed by atoms with Gasteiger partial charge in [-0.2, -0.15) is 0 Å². The molecule has 2 fully saturated rings. The van der Waals surface area contributed by atoms with Crippen molar-refractivity contribution in [1.29, 1.82) is 0 Å². The van der Waals surface area contributed by atoms with E-state index in [1.54, 1.807) is 0 Å². The highest BCUT2D eigenvalue weighted by atomic mass is 32.2. The number of amides is 1. The van der Waals surface area contributed by atoms with Gasteiger partial charge in [-0.25, -0.2) is 0 Å². The maximum atomic E-state index is 12.8. The Labute approximate surface area is 184 Å². The van der Waals surface area contributed by atoms with Crippen molar-refractivity contribution in [2.45, 2.75) is 48.4 Å². The van der Waals surface area contributed by atoms with Crippen molar-refractivity contribution in [2.75, 3.05) is 38.1 Å². The maximum absolute atomic E-state index is 12.8. The third-order valence-corrected chi connectivity index (χ3v) is 8.00. The molecule has 1 saturated heterocycles. The van der Waals surface area contributed by atoms with Crippen molar-refractivity contribution < 1.29 is 9.28 Å². The summed E-state index contributed by atoms with van der Waals surface area (Å²) in [7, 11) is 2.40. The molecule has 0 bridgehead atoms. The number of nitrogens with zero attached hydrogens (tertiary/aromatic N) is 2. The van der Waals surface area contributed by atoms with Gasteiger partial charge in [0.15, 0.2) is 0 Å². The van der Waals surface area contributed by atoms with Gasteiger partial charge in [-0.15, -0.1) is 0 Å². The van der Waals surface area contributed by atoms with E-state index < -0.39 is 0 Å². The molecule has 1 amide bonds. The van der Waals surface area contributed by atoms with Crippen LogP contribution in [-0.2, 0) is 0 Å². The molecule has 5 heteroatoms. The van der Waals surface area contributed by atoms with E-state index in [-0.39, 0.29) is 5.91 Å². The summed E-state index contributed by atoms with van der Waals surface area (Å²) in [6.07, 6.45) is 5.16. The molecule has 1 unspecified atom stereocenters. The van der Waals surface area contributed by atoms with E-state index in [2.05, 4.69) is 60.6 Å². The van der Waals surface area contributed by atoms with Crippen LogP contribution in [0.4, 0.5) is 11.4 Å². The number of nitrogens with one attached hydrogen (secondary N) is 1. The molecule has 4 nitrogen and oxygen atoms in total. The lowest BCUT2D eigenvalue weighted by Gasteiger charge is -2.41. The molecule has 0 spiro atoms. The fourth-order valence-corrected chi connectivity index (χ4v) is 6.11. The lowest BCUT2D eigenvalue weighted by molar-refractivity contribution is -0.898. The van der Waals surface area contributed by atoms with Crippen molar-refractivity contribution in [2.24, 2.45) is 5.92 Å². The number of benzene rings is 2. The summed E-state index contributed by atoms with van der Waals surface area (Å²) in [5, 5.41) is 3.13. The average molecular weight is 423 g/mol. The summed E-state index contributed by atoms with van der Waals surface area (Å²) in [6, 6.07) is 15.3. The van der Waals surface area contributed by atoms with Crippen LogP contribution in [0.5, 0.6) is 0 Å². The number of hydrogen-bond acceptors (Lipinski definition) is 3. The van der Waals surface area contributed by atoms with Crippen molar-refractivity contribution in [1.82, 2.24) is 5.32 Å². The van der Waals surface area contributed by atoms with Gasteiger partial charge in [-0.1, -0.05) is 23.9 Å². The fourth-order valence-electron chi connectivity index (χ4n) is 5.06. The minimum Gasteiger partial charge on any atom is -0.352 e. The quantitative estimate of drug-likeness (QED) is 0.661. The van der Waals surface area contributed by atoms with E-state index in [1.165, 1.54) is 59.9 Å². The molecule has 1 aliphatic carbocycles. The summed E-state index contributed by atoms with van der Waals surface area (Å²) in [4.78, 5) is 17.8. The third kappa shape index (κ3) is 3.97. The molecule has 2 aromatic rings. The van der Waals surface area contributed by atoms with Gasteiger partial charge in [0.2, 0.25) is 0 Å². The molecule has 1 atom stereocenters. The van der Waals surface area contributed by atoms with Crippen LogP contribution in [0.2, 0.25) is 0 Å². The molecule has 0 radical (unpaired) electrons. The molecule has 2 aliphatic heterocycles. The Morgan fingerprint density at radius 3 is 2.63 bits per heavy atom. The first kappa shape index (κ1) is 20.0. The smallest absolute Gasteiger partial charge is 0.251 e. The second-order valence-corrected chi connectivity index (χ2v) is 10.7. The van der Waals surface area contributed by atoms with Gasteiger partial charge in [0, 0.05) is 34.7 Å². The standard InChI is InChI=1S/C25H31N3OS/c1-18(17-28(2)13-5-6-14-28)27-21-7-3-4-8-23(21)30-24-12-11-20(15-22(24)27)25(29)26-16-19-9-10-19/h3-4,7-8,11-12,15,18-19H,5-6,9-10,13-14,16-17H2,1-2H3/p+1. The van der Waals surface area contributed by atoms with Crippen LogP contribution in [0, 0.1) is 5.92 Å². The van der Waals surface area contributed by atoms with Crippen molar-refractivity contribution in [3.63, 3.8) is 0 Å². The number of carbonyl (C=O) groups is 1. The number of rotatable bonds is 6. The highest BCUT2D eigenvalue weighted by Crippen LogP contribution is 2.49. The van der Waals surface area contributed by atoms with E-state index in [1.807, 2.05) is 17.8 Å². The second-order valence-electron chi connectivity index (χ2n) is 9.58. The summed E-state index contributed by atoms with van der Waals surface area (Å²) in [5.74, 6) is 0.746. The van der Waals surface area contributed by atoms with E-state index >= 15 is 0 Å². The first-order chi connectivity index (χ1) is 14.5. The minimum atomic E-state index is 0.0553. The molecule has 1 N–H and O–H groups in total. The molecule has 2 aromatic carbocycles. The van der Waals surface area contributed by atoms with Crippen LogP contribution < -0.4 is 10.2 Å². The monoisotopic (exact) mass is 422 g/mol. The predicted octanol–water partition coefficient (Wildman–Crippen LogP) is 5.06. The number of carbonyl (C=O) groups excluding carboxylic acids is 1. The molecule has 1 saturated carbocycles. The minimum absolute atomic E-state index is 0.0553. The van der Waals surface area contributed by atoms with Gasteiger partial charge < -0.3 is 14.7 Å². The molecule has 158 valence electrons. The van der Waals surface area contributed by atoms with Gasteiger partial charge in [-0.05, 0) is 56.0 Å². The lowest BCUT2D eigenvalue weighted by atomic mass is 10.1. The Balaban J connectivity index is 1.47. The number of quaternary nitrogens is 1. The zero-order chi connectivity index (χ0) is 20.7. The number of fused-ring (bicyclic) bond motifs is 2. The number of hydrogen-bond donors (Lipinski definition) is 1. The van der Waals surface area contributed by atoms with Crippen LogP contribution >= 0.6 is 11.8 Å². The molecule has 5 rings (SSSR count). The van der Waals surface area contributed by atoms with Crippen LogP contribution in [-0.4, -0.2) is 49.7 Å². The first-order valence-corrected chi connectivity index (χ1v) is 12.2. The lowest BCUT2D eigenvalue weighted by Crippen LogP contribution is -2.50. The summed E-state index contributed by atoms with van der Waals surface area (Å²) in [5.41, 5.74) is 3.22. The normalized spacial score (nSPS) is 20.4. The molecular formula is C25H32N3OS+. The number of para-hydroxylation sites is 1.